The molecule has 0 atom stereocenters. The molecule has 1 aliphatic carbocycles. The molecule has 1 amide bonds. The van der Waals surface area contributed by atoms with Gasteiger partial charge in [-0.05, 0) is 48.0 Å². The van der Waals surface area contributed by atoms with E-state index in [9.17, 15) is 4.79 Å². The van der Waals surface area contributed by atoms with E-state index in [4.69, 9.17) is 0 Å². The Labute approximate surface area is 171 Å². The molecule has 0 aliphatic heterocycles. The third kappa shape index (κ3) is 4.18. The number of fused-ring (bicyclic) bond motifs is 1. The van der Waals surface area contributed by atoms with E-state index in [1.54, 1.807) is 11.3 Å². The lowest BCUT2D eigenvalue weighted by atomic mass is 9.92. The van der Waals surface area contributed by atoms with Crippen LogP contribution in [0, 0.1) is 0 Å². The van der Waals surface area contributed by atoms with Crippen molar-refractivity contribution in [2.45, 2.75) is 31.3 Å². The summed E-state index contributed by atoms with van der Waals surface area (Å²) in [5, 5.41) is 5.25. The zero-order valence-corrected chi connectivity index (χ0v) is 17.0. The number of amides is 1. The fourth-order valence-electron chi connectivity index (χ4n) is 4.13. The summed E-state index contributed by atoms with van der Waals surface area (Å²) in [6.07, 6.45) is 2.39. The molecular formula is C24H26N2OS. The highest BCUT2D eigenvalue weighted by molar-refractivity contribution is 7.10. The second-order valence-electron chi connectivity index (χ2n) is 7.72. The van der Waals surface area contributed by atoms with Gasteiger partial charge in [0.05, 0.1) is 6.42 Å². The molecule has 2 aromatic carbocycles. The number of benzene rings is 2. The smallest absolute Gasteiger partial charge is 0.225 e. The second kappa shape index (κ2) is 8.29. The van der Waals surface area contributed by atoms with Crippen LogP contribution in [-0.4, -0.2) is 29.9 Å². The summed E-state index contributed by atoms with van der Waals surface area (Å²) < 4.78 is 0. The van der Waals surface area contributed by atoms with Crippen molar-refractivity contribution >= 4 is 17.2 Å². The molecule has 0 saturated heterocycles. The number of likely N-dealkylation sites (N-methyl/N-ethyl adjacent to an activating group) is 1. The molecule has 28 heavy (non-hydrogen) atoms. The topological polar surface area (TPSA) is 32.3 Å². The summed E-state index contributed by atoms with van der Waals surface area (Å²) >= 11 is 1.64. The van der Waals surface area contributed by atoms with Crippen molar-refractivity contribution in [3.8, 4) is 0 Å². The molecule has 0 saturated carbocycles. The molecule has 1 aromatic heterocycles. The van der Waals surface area contributed by atoms with Gasteiger partial charge in [-0.2, -0.15) is 0 Å². The summed E-state index contributed by atoms with van der Waals surface area (Å²) in [6, 6.07) is 23.2. The summed E-state index contributed by atoms with van der Waals surface area (Å²) in [6.45, 7) is 1.53. The van der Waals surface area contributed by atoms with Crippen LogP contribution in [0.25, 0.3) is 0 Å². The van der Waals surface area contributed by atoms with Crippen molar-refractivity contribution in [3.63, 3.8) is 0 Å². The molecule has 3 aromatic rings. The Morgan fingerprint density at radius 1 is 1.00 bits per heavy atom. The van der Waals surface area contributed by atoms with Crippen LogP contribution in [0.5, 0.6) is 0 Å². The Balaban J connectivity index is 1.50. The number of hydrogen-bond acceptors (Lipinski definition) is 3. The standard InChI is InChI=1S/C24H26N2OS/c1-26(17-19-8-3-2-4-9-19)24(15-20-10-5-6-11-21(20)16-24)18-25-23(27)14-22-12-7-13-28-22/h2-13H,14-18H2,1H3,(H,25,27). The van der Waals surface area contributed by atoms with Crippen molar-refractivity contribution in [1.82, 2.24) is 10.2 Å². The maximum Gasteiger partial charge on any atom is 0.225 e. The highest BCUT2D eigenvalue weighted by Crippen LogP contribution is 2.34. The number of thiophene rings is 1. The normalized spacial score (nSPS) is 14.8. The van der Waals surface area contributed by atoms with Gasteiger partial charge in [-0.25, -0.2) is 0 Å². The number of carbonyl (C=O) groups is 1. The lowest BCUT2D eigenvalue weighted by Crippen LogP contribution is -2.55. The van der Waals surface area contributed by atoms with Gasteiger partial charge in [-0.3, -0.25) is 9.69 Å². The molecule has 0 fully saturated rings. The molecular weight excluding hydrogens is 364 g/mol. The average molecular weight is 391 g/mol. The summed E-state index contributed by atoms with van der Waals surface area (Å²) in [5.41, 5.74) is 4.00. The van der Waals surface area contributed by atoms with E-state index < -0.39 is 0 Å². The molecule has 0 bridgehead atoms. The SMILES string of the molecule is CN(Cc1ccccc1)C1(CNC(=O)Cc2cccs2)Cc2ccccc2C1. The van der Waals surface area contributed by atoms with Gasteiger partial charge in [-0.15, -0.1) is 11.3 Å². The second-order valence-corrected chi connectivity index (χ2v) is 8.75. The number of rotatable bonds is 7. The number of carbonyl (C=O) groups excluding carboxylic acids is 1. The first-order valence-electron chi connectivity index (χ1n) is 9.76. The Hall–Kier alpha value is -2.43. The quantitative estimate of drug-likeness (QED) is 0.659. The highest BCUT2D eigenvalue weighted by Gasteiger charge is 2.40. The van der Waals surface area contributed by atoms with Gasteiger partial charge >= 0.3 is 0 Å². The molecule has 4 rings (SSSR count). The lowest BCUT2D eigenvalue weighted by Gasteiger charge is -2.39. The Kier molecular flexibility index (Phi) is 5.60. The third-order valence-corrected chi connectivity index (χ3v) is 6.64. The Morgan fingerprint density at radius 2 is 1.68 bits per heavy atom. The number of nitrogens with zero attached hydrogens (tertiary/aromatic N) is 1. The summed E-state index contributed by atoms with van der Waals surface area (Å²) in [4.78, 5) is 16.1. The molecule has 0 spiro atoms. The minimum absolute atomic E-state index is 0.0926. The maximum absolute atomic E-state index is 12.5. The van der Waals surface area contributed by atoms with Crippen molar-refractivity contribution in [2.75, 3.05) is 13.6 Å². The molecule has 0 radical (unpaired) electrons. The maximum atomic E-state index is 12.5. The highest BCUT2D eigenvalue weighted by atomic mass is 32.1. The third-order valence-electron chi connectivity index (χ3n) is 5.76. The predicted molar refractivity (Wildman–Crippen MR) is 116 cm³/mol. The lowest BCUT2D eigenvalue weighted by molar-refractivity contribution is -0.121. The predicted octanol–water partition coefficient (Wildman–Crippen LogP) is 4.08. The Morgan fingerprint density at radius 3 is 2.32 bits per heavy atom. The zero-order chi connectivity index (χ0) is 19.4. The molecule has 3 nitrogen and oxygen atoms in total. The number of hydrogen-bond donors (Lipinski definition) is 1. The van der Waals surface area contributed by atoms with Gasteiger partial charge < -0.3 is 5.32 Å². The van der Waals surface area contributed by atoms with Crippen LogP contribution in [0.3, 0.4) is 0 Å². The first-order chi connectivity index (χ1) is 13.6. The van der Waals surface area contributed by atoms with Gasteiger partial charge in [0.15, 0.2) is 0 Å². The number of nitrogens with one attached hydrogen (secondary N) is 1. The molecule has 1 heterocycles. The van der Waals surface area contributed by atoms with Crippen LogP contribution in [0.1, 0.15) is 21.6 Å². The summed E-state index contributed by atoms with van der Waals surface area (Å²) in [5.74, 6) is 0.103. The van der Waals surface area contributed by atoms with Crippen molar-refractivity contribution in [2.24, 2.45) is 0 Å². The van der Waals surface area contributed by atoms with Crippen LogP contribution in [0.15, 0.2) is 72.1 Å². The Bertz CT molecular complexity index is 896. The molecule has 1 N–H and O–H groups in total. The van der Waals surface area contributed by atoms with E-state index >= 15 is 0 Å². The molecule has 144 valence electrons. The fraction of sp³-hybridized carbons (Fsp3) is 0.292. The first kappa shape index (κ1) is 18.9. The largest absolute Gasteiger partial charge is 0.354 e. The van der Waals surface area contributed by atoms with Crippen LogP contribution < -0.4 is 5.32 Å². The van der Waals surface area contributed by atoms with Crippen molar-refractivity contribution in [3.05, 3.63) is 93.7 Å². The minimum atomic E-state index is -0.0926. The molecule has 0 unspecified atom stereocenters. The van der Waals surface area contributed by atoms with E-state index in [0.29, 0.717) is 13.0 Å². The van der Waals surface area contributed by atoms with Gasteiger partial charge in [0.2, 0.25) is 5.91 Å². The van der Waals surface area contributed by atoms with E-state index in [2.05, 4.69) is 71.9 Å². The van der Waals surface area contributed by atoms with Crippen LogP contribution in [0.4, 0.5) is 0 Å². The van der Waals surface area contributed by atoms with E-state index in [1.165, 1.54) is 16.7 Å². The van der Waals surface area contributed by atoms with E-state index in [1.807, 2.05) is 17.5 Å². The average Bonchev–Trinajstić information content (AvgIpc) is 3.35. The van der Waals surface area contributed by atoms with Gasteiger partial charge in [0.1, 0.15) is 0 Å². The first-order valence-corrected chi connectivity index (χ1v) is 10.6. The van der Waals surface area contributed by atoms with E-state index in [-0.39, 0.29) is 11.4 Å². The van der Waals surface area contributed by atoms with Gasteiger partial charge in [-0.1, -0.05) is 60.7 Å². The summed E-state index contributed by atoms with van der Waals surface area (Å²) in [7, 11) is 2.18. The molecule has 1 aliphatic rings. The van der Waals surface area contributed by atoms with Crippen LogP contribution >= 0.6 is 11.3 Å². The molecule has 4 heteroatoms. The van der Waals surface area contributed by atoms with E-state index in [0.717, 1.165) is 24.3 Å². The zero-order valence-electron chi connectivity index (χ0n) is 16.2. The van der Waals surface area contributed by atoms with Crippen molar-refractivity contribution in [1.29, 1.82) is 0 Å². The van der Waals surface area contributed by atoms with Crippen molar-refractivity contribution < 1.29 is 4.79 Å². The minimum Gasteiger partial charge on any atom is -0.354 e. The van der Waals surface area contributed by atoms with Crippen LogP contribution in [0.2, 0.25) is 0 Å². The fourth-order valence-corrected chi connectivity index (χ4v) is 4.83. The monoisotopic (exact) mass is 390 g/mol. The van der Waals surface area contributed by atoms with Gasteiger partial charge in [0, 0.05) is 23.5 Å². The van der Waals surface area contributed by atoms with Gasteiger partial charge in [0.25, 0.3) is 0 Å². The van der Waals surface area contributed by atoms with Crippen LogP contribution in [-0.2, 0) is 30.6 Å².